The van der Waals surface area contributed by atoms with E-state index in [9.17, 15) is 22.4 Å². The average molecular weight is 489 g/mol. The molecule has 0 saturated carbocycles. The molecule has 3 heterocycles. The molecule has 35 heavy (non-hydrogen) atoms. The van der Waals surface area contributed by atoms with Crippen LogP contribution in [0.25, 0.3) is 0 Å². The van der Waals surface area contributed by atoms with Gasteiger partial charge < -0.3 is 9.47 Å². The first-order valence-electron chi connectivity index (χ1n) is 10.3. The van der Waals surface area contributed by atoms with Gasteiger partial charge >= 0.3 is 11.9 Å². The summed E-state index contributed by atoms with van der Waals surface area (Å²) >= 11 is 0. The van der Waals surface area contributed by atoms with Gasteiger partial charge in [-0.2, -0.15) is 27.6 Å². The highest BCUT2D eigenvalue weighted by atomic mass is 19.4. The highest BCUT2D eigenvalue weighted by Crippen LogP contribution is 2.30. The predicted octanol–water partition coefficient (Wildman–Crippen LogP) is 3.99. The van der Waals surface area contributed by atoms with E-state index in [0.717, 1.165) is 34.0 Å². The molecule has 0 amide bonds. The van der Waals surface area contributed by atoms with E-state index in [1.165, 1.54) is 0 Å². The first-order valence-corrected chi connectivity index (χ1v) is 10.3. The molecule has 0 unspecified atom stereocenters. The maximum Gasteiger partial charge on any atom is 0.417 e. The van der Waals surface area contributed by atoms with Crippen LogP contribution in [-0.4, -0.2) is 30.9 Å². The molecule has 1 aromatic carbocycles. The van der Waals surface area contributed by atoms with Crippen LogP contribution in [0.2, 0.25) is 0 Å². The second-order valence-corrected chi connectivity index (χ2v) is 7.55. The first-order chi connectivity index (χ1) is 16.7. The zero-order valence-electron chi connectivity index (χ0n) is 18.4. The second-order valence-electron chi connectivity index (χ2n) is 7.55. The highest BCUT2D eigenvalue weighted by Gasteiger charge is 2.30. The minimum Gasteiger partial charge on any atom is -0.475 e. The molecule has 4 rings (SSSR count). The van der Waals surface area contributed by atoms with Crippen LogP contribution >= 0.6 is 0 Å². The molecule has 0 radical (unpaired) electrons. The van der Waals surface area contributed by atoms with Crippen LogP contribution in [0.3, 0.4) is 0 Å². The van der Waals surface area contributed by atoms with Gasteiger partial charge in [0.15, 0.2) is 0 Å². The van der Waals surface area contributed by atoms with Crippen molar-refractivity contribution in [3.05, 3.63) is 94.2 Å². The van der Waals surface area contributed by atoms with Gasteiger partial charge in [-0.25, -0.2) is 9.78 Å². The first kappa shape index (κ1) is 23.9. The third-order valence-corrected chi connectivity index (χ3v) is 4.87. The topological polar surface area (TPSA) is 84.1 Å². The van der Waals surface area contributed by atoms with Crippen molar-refractivity contribution in [1.29, 1.82) is 0 Å². The Morgan fingerprint density at radius 2 is 1.77 bits per heavy atom. The van der Waals surface area contributed by atoms with Crippen LogP contribution in [0.15, 0.2) is 66.0 Å². The zero-order valence-corrected chi connectivity index (χ0v) is 18.4. The third kappa shape index (κ3) is 6.22. The van der Waals surface area contributed by atoms with Gasteiger partial charge in [0, 0.05) is 37.5 Å². The van der Waals surface area contributed by atoms with Gasteiger partial charge in [0.25, 0.3) is 5.88 Å². The molecule has 0 atom stereocenters. The van der Waals surface area contributed by atoms with E-state index in [1.54, 1.807) is 48.4 Å². The Kier molecular flexibility index (Phi) is 6.80. The Hall–Kier alpha value is -4.22. The SMILES string of the molecule is Cn1cc(Cn2cc(F)c(OCCc3ccc(Oc4ccc(C(F)(F)F)cn4)cc3)nc2=O)cn1. The fourth-order valence-electron chi connectivity index (χ4n) is 3.14. The minimum atomic E-state index is -4.47. The molecule has 0 aliphatic heterocycles. The quantitative estimate of drug-likeness (QED) is 0.348. The molecule has 0 spiro atoms. The van der Waals surface area contributed by atoms with Gasteiger partial charge in [0.2, 0.25) is 11.7 Å². The fourth-order valence-corrected chi connectivity index (χ4v) is 3.14. The number of halogens is 4. The molecule has 0 bridgehead atoms. The monoisotopic (exact) mass is 489 g/mol. The molecule has 182 valence electrons. The van der Waals surface area contributed by atoms with Gasteiger partial charge in [0.05, 0.1) is 31.1 Å². The average Bonchev–Trinajstić information content (AvgIpc) is 3.22. The Morgan fingerprint density at radius 3 is 2.40 bits per heavy atom. The maximum atomic E-state index is 14.4. The van der Waals surface area contributed by atoms with Crippen molar-refractivity contribution in [3.63, 3.8) is 0 Å². The summed E-state index contributed by atoms with van der Waals surface area (Å²) in [5, 5.41) is 4.00. The van der Waals surface area contributed by atoms with Crippen LogP contribution in [-0.2, 0) is 26.2 Å². The van der Waals surface area contributed by atoms with E-state index in [0.29, 0.717) is 18.4 Å². The van der Waals surface area contributed by atoms with E-state index >= 15 is 0 Å². The fraction of sp³-hybridized carbons (Fsp3) is 0.217. The lowest BCUT2D eigenvalue weighted by Gasteiger charge is -2.10. The Labute approximate surface area is 196 Å². The maximum absolute atomic E-state index is 14.4. The van der Waals surface area contributed by atoms with E-state index in [4.69, 9.17) is 9.47 Å². The standard InChI is InChI=1S/C23H19F4N5O3/c1-31-12-16(10-29-31)13-32-14-19(24)21(30-22(32)33)34-9-8-15-2-5-18(6-3-15)35-20-7-4-17(11-28-20)23(25,26)27/h2-7,10-12,14H,8-9,13H2,1H3. The van der Waals surface area contributed by atoms with E-state index in [-0.39, 0.29) is 24.9 Å². The van der Waals surface area contributed by atoms with Crippen molar-refractivity contribution < 1.29 is 27.0 Å². The Morgan fingerprint density at radius 1 is 1.00 bits per heavy atom. The lowest BCUT2D eigenvalue weighted by atomic mass is 10.1. The summed E-state index contributed by atoms with van der Waals surface area (Å²) in [5.74, 6) is -0.743. The zero-order chi connectivity index (χ0) is 25.0. The van der Waals surface area contributed by atoms with E-state index < -0.39 is 23.2 Å². The summed E-state index contributed by atoms with van der Waals surface area (Å²) in [4.78, 5) is 19.5. The molecule has 0 saturated heterocycles. The van der Waals surface area contributed by atoms with Gasteiger partial charge in [-0.15, -0.1) is 0 Å². The number of pyridine rings is 1. The van der Waals surface area contributed by atoms with Crippen molar-refractivity contribution in [3.8, 4) is 17.5 Å². The molecule has 4 aromatic rings. The number of aryl methyl sites for hydroxylation is 1. The van der Waals surface area contributed by atoms with Gasteiger partial charge in [-0.1, -0.05) is 12.1 Å². The van der Waals surface area contributed by atoms with Crippen LogP contribution in [0.1, 0.15) is 16.7 Å². The van der Waals surface area contributed by atoms with Gasteiger partial charge in [0.1, 0.15) is 5.75 Å². The lowest BCUT2D eigenvalue weighted by molar-refractivity contribution is -0.137. The molecule has 0 aliphatic carbocycles. The van der Waals surface area contributed by atoms with Crippen molar-refractivity contribution >= 4 is 0 Å². The third-order valence-electron chi connectivity index (χ3n) is 4.87. The number of benzene rings is 1. The molecule has 3 aromatic heterocycles. The predicted molar refractivity (Wildman–Crippen MR) is 116 cm³/mol. The summed E-state index contributed by atoms with van der Waals surface area (Å²) in [7, 11) is 1.74. The molecule has 0 N–H and O–H groups in total. The van der Waals surface area contributed by atoms with E-state index in [2.05, 4.69) is 15.1 Å². The van der Waals surface area contributed by atoms with Crippen LogP contribution in [0.5, 0.6) is 17.5 Å². The summed E-state index contributed by atoms with van der Waals surface area (Å²) in [6.07, 6.45) is 0.948. The largest absolute Gasteiger partial charge is 0.475 e. The smallest absolute Gasteiger partial charge is 0.417 e. The molecule has 12 heteroatoms. The van der Waals surface area contributed by atoms with Gasteiger partial charge in [-0.3, -0.25) is 9.25 Å². The van der Waals surface area contributed by atoms with E-state index in [1.807, 2.05) is 0 Å². The number of rotatable bonds is 8. The summed E-state index contributed by atoms with van der Waals surface area (Å²) in [6, 6.07) is 8.70. The van der Waals surface area contributed by atoms with Crippen LogP contribution < -0.4 is 15.2 Å². The molecule has 0 aliphatic rings. The lowest BCUT2D eigenvalue weighted by Crippen LogP contribution is -2.24. The summed E-state index contributed by atoms with van der Waals surface area (Å²) < 4.78 is 65.7. The van der Waals surface area contributed by atoms with Crippen LogP contribution in [0, 0.1) is 5.82 Å². The van der Waals surface area contributed by atoms with Crippen molar-refractivity contribution in [2.75, 3.05) is 6.61 Å². The van der Waals surface area contributed by atoms with Gasteiger partial charge in [-0.05, 0) is 23.8 Å². The van der Waals surface area contributed by atoms with Crippen molar-refractivity contribution in [2.45, 2.75) is 19.1 Å². The molecular formula is C23H19F4N5O3. The molecule has 8 nitrogen and oxygen atoms in total. The van der Waals surface area contributed by atoms with Crippen molar-refractivity contribution in [1.82, 2.24) is 24.3 Å². The number of hydrogen-bond acceptors (Lipinski definition) is 6. The molecular weight excluding hydrogens is 470 g/mol. The second kappa shape index (κ2) is 9.95. The number of hydrogen-bond donors (Lipinski definition) is 0. The number of nitrogens with zero attached hydrogens (tertiary/aromatic N) is 5. The Balaban J connectivity index is 1.31. The number of alkyl halides is 3. The molecule has 0 fully saturated rings. The number of ether oxygens (including phenoxy) is 2. The number of aromatic nitrogens is 5. The Bertz CT molecular complexity index is 1350. The summed E-state index contributed by atoms with van der Waals surface area (Å²) in [6.45, 7) is 0.198. The summed E-state index contributed by atoms with van der Waals surface area (Å²) in [5.41, 5.74) is 0.0367. The highest BCUT2D eigenvalue weighted by molar-refractivity contribution is 5.31. The minimum absolute atomic E-state index is 0.0221. The van der Waals surface area contributed by atoms with Crippen molar-refractivity contribution in [2.24, 2.45) is 7.05 Å². The normalized spacial score (nSPS) is 11.5. The van der Waals surface area contributed by atoms with Crippen LogP contribution in [0.4, 0.5) is 17.6 Å².